The number of fused-ring (bicyclic) bond motifs is 2. The molecule has 1 fully saturated rings. The van der Waals surface area contributed by atoms with E-state index in [0.29, 0.717) is 18.4 Å². The van der Waals surface area contributed by atoms with Gasteiger partial charge in [0.2, 0.25) is 0 Å². The Bertz CT molecular complexity index is 579. The minimum atomic E-state index is -0.776. The molecule has 3 rings (SSSR count). The molecule has 6 heteroatoms. The molecule has 2 heterocycles. The van der Waals surface area contributed by atoms with Crippen LogP contribution >= 0.6 is 11.6 Å². The molecule has 0 amide bonds. The molecule has 0 radical (unpaired) electrons. The van der Waals surface area contributed by atoms with Crippen LogP contribution in [0.1, 0.15) is 48.0 Å². The van der Waals surface area contributed by atoms with Crippen molar-refractivity contribution in [2.24, 2.45) is 5.92 Å². The molecule has 1 aromatic rings. The van der Waals surface area contributed by atoms with E-state index in [-0.39, 0.29) is 17.5 Å². The van der Waals surface area contributed by atoms with Gasteiger partial charge in [-0.05, 0) is 37.7 Å². The normalized spacial score (nSPS) is 28.2. The molecular formula is C14H14ClNO4. The number of nitrogens with zero attached hydrogens (tertiary/aromatic N) is 1. The van der Waals surface area contributed by atoms with Crippen molar-refractivity contribution in [1.82, 2.24) is 4.98 Å². The standard InChI is InChI=1S/C14H14ClNO4/c15-12-11-9(3-6-16-12)14(20-13(11)19)4-1-8(2-5-14)7-10(17)18/h3,6,8H,1-2,4-5,7H2,(H,17,18). The minimum absolute atomic E-state index is 0.151. The molecule has 0 bridgehead atoms. The van der Waals surface area contributed by atoms with Crippen molar-refractivity contribution < 1.29 is 19.4 Å². The molecule has 2 aliphatic rings. The largest absolute Gasteiger partial charge is 0.481 e. The summed E-state index contributed by atoms with van der Waals surface area (Å²) >= 11 is 5.97. The molecule has 1 aromatic heterocycles. The SMILES string of the molecule is O=C(O)CC1CCC2(CC1)OC(=O)c1c2ccnc1Cl. The van der Waals surface area contributed by atoms with Gasteiger partial charge in [0.1, 0.15) is 16.3 Å². The lowest BCUT2D eigenvalue weighted by molar-refractivity contribution is -0.139. The molecular weight excluding hydrogens is 282 g/mol. The van der Waals surface area contributed by atoms with Crippen molar-refractivity contribution in [3.8, 4) is 0 Å². The van der Waals surface area contributed by atoms with E-state index in [1.165, 1.54) is 0 Å². The average Bonchev–Trinajstić information content (AvgIpc) is 2.67. The first-order valence-corrected chi connectivity index (χ1v) is 7.00. The number of ether oxygens (including phenoxy) is 1. The maximum absolute atomic E-state index is 12.0. The van der Waals surface area contributed by atoms with E-state index in [4.69, 9.17) is 21.4 Å². The Morgan fingerprint density at radius 3 is 2.85 bits per heavy atom. The first kappa shape index (κ1) is 13.4. The van der Waals surface area contributed by atoms with Gasteiger partial charge in [-0.15, -0.1) is 0 Å². The Balaban J connectivity index is 1.86. The lowest BCUT2D eigenvalue weighted by Gasteiger charge is -2.36. The number of pyridine rings is 1. The lowest BCUT2D eigenvalue weighted by Crippen LogP contribution is -2.32. The van der Waals surface area contributed by atoms with Crippen LogP contribution in [0.15, 0.2) is 12.3 Å². The van der Waals surface area contributed by atoms with Crippen molar-refractivity contribution in [1.29, 1.82) is 0 Å². The summed E-state index contributed by atoms with van der Waals surface area (Å²) < 4.78 is 5.58. The number of hydrogen-bond donors (Lipinski definition) is 1. The zero-order valence-corrected chi connectivity index (χ0v) is 11.5. The van der Waals surface area contributed by atoms with Crippen molar-refractivity contribution in [2.75, 3.05) is 0 Å². The third-order valence-electron chi connectivity index (χ3n) is 4.26. The molecule has 1 saturated carbocycles. The number of carbonyl (C=O) groups is 2. The zero-order valence-electron chi connectivity index (χ0n) is 10.8. The highest BCUT2D eigenvalue weighted by atomic mass is 35.5. The smallest absolute Gasteiger partial charge is 0.342 e. The first-order chi connectivity index (χ1) is 9.52. The van der Waals surface area contributed by atoms with Crippen LogP contribution in [0.5, 0.6) is 0 Å². The van der Waals surface area contributed by atoms with E-state index in [1.54, 1.807) is 12.3 Å². The third kappa shape index (κ3) is 2.06. The van der Waals surface area contributed by atoms with Crippen LogP contribution < -0.4 is 0 Å². The number of esters is 1. The van der Waals surface area contributed by atoms with Gasteiger partial charge in [-0.1, -0.05) is 11.6 Å². The summed E-state index contributed by atoms with van der Waals surface area (Å²) in [6.07, 6.45) is 4.51. The molecule has 0 atom stereocenters. The van der Waals surface area contributed by atoms with Crippen molar-refractivity contribution in [3.63, 3.8) is 0 Å². The summed E-state index contributed by atoms with van der Waals surface area (Å²) in [6, 6.07) is 1.78. The Morgan fingerprint density at radius 1 is 1.50 bits per heavy atom. The van der Waals surface area contributed by atoms with Gasteiger partial charge in [0, 0.05) is 18.2 Å². The molecule has 1 aliphatic carbocycles. The van der Waals surface area contributed by atoms with E-state index < -0.39 is 17.5 Å². The summed E-state index contributed by atoms with van der Waals surface area (Å²) in [5.41, 5.74) is 0.538. The number of carboxylic acid groups (broad SMARTS) is 1. The monoisotopic (exact) mass is 295 g/mol. The first-order valence-electron chi connectivity index (χ1n) is 6.62. The van der Waals surface area contributed by atoms with Crippen molar-refractivity contribution in [3.05, 3.63) is 28.5 Å². The summed E-state index contributed by atoms with van der Waals surface area (Å²) in [5.74, 6) is -1.05. The summed E-state index contributed by atoms with van der Waals surface area (Å²) in [4.78, 5) is 26.7. The molecule has 20 heavy (non-hydrogen) atoms. The quantitative estimate of drug-likeness (QED) is 0.670. The molecule has 0 saturated heterocycles. The van der Waals surface area contributed by atoms with Gasteiger partial charge >= 0.3 is 11.9 Å². The van der Waals surface area contributed by atoms with E-state index in [1.807, 2.05) is 0 Å². The predicted octanol–water partition coefficient (Wildman–Crippen LogP) is 2.77. The average molecular weight is 296 g/mol. The van der Waals surface area contributed by atoms with Gasteiger partial charge in [0.25, 0.3) is 0 Å². The molecule has 1 aliphatic heterocycles. The van der Waals surface area contributed by atoms with Gasteiger partial charge in [0.05, 0.1) is 0 Å². The Hall–Kier alpha value is -1.62. The molecule has 1 spiro atoms. The topological polar surface area (TPSA) is 76.5 Å². The maximum atomic E-state index is 12.0. The highest BCUT2D eigenvalue weighted by molar-refractivity contribution is 6.32. The van der Waals surface area contributed by atoms with Gasteiger partial charge in [-0.25, -0.2) is 9.78 Å². The van der Waals surface area contributed by atoms with Crippen LogP contribution in [-0.4, -0.2) is 22.0 Å². The van der Waals surface area contributed by atoms with Crippen molar-refractivity contribution in [2.45, 2.75) is 37.7 Å². The molecule has 106 valence electrons. The van der Waals surface area contributed by atoms with Gasteiger partial charge < -0.3 is 9.84 Å². The van der Waals surface area contributed by atoms with E-state index in [9.17, 15) is 9.59 Å². The highest BCUT2D eigenvalue weighted by Gasteiger charge is 2.48. The van der Waals surface area contributed by atoms with Gasteiger partial charge in [-0.3, -0.25) is 4.79 Å². The van der Waals surface area contributed by atoms with Crippen LogP contribution in [0.25, 0.3) is 0 Å². The molecule has 0 aromatic carbocycles. The van der Waals surface area contributed by atoms with E-state index in [2.05, 4.69) is 4.98 Å². The fraction of sp³-hybridized carbons (Fsp3) is 0.500. The number of aliphatic carboxylic acids is 1. The highest BCUT2D eigenvalue weighted by Crippen LogP contribution is 2.49. The van der Waals surface area contributed by atoms with Crippen LogP contribution in [0.3, 0.4) is 0 Å². The number of hydrogen-bond acceptors (Lipinski definition) is 4. The number of halogens is 1. The Kier molecular flexibility index (Phi) is 3.17. The fourth-order valence-corrected chi connectivity index (χ4v) is 3.50. The Morgan fingerprint density at radius 2 is 2.20 bits per heavy atom. The van der Waals surface area contributed by atoms with Gasteiger partial charge in [0.15, 0.2) is 0 Å². The fourth-order valence-electron chi connectivity index (χ4n) is 3.26. The summed E-state index contributed by atoms with van der Waals surface area (Å²) in [6.45, 7) is 0. The van der Waals surface area contributed by atoms with Gasteiger partial charge in [-0.2, -0.15) is 0 Å². The second kappa shape index (κ2) is 4.74. The third-order valence-corrected chi connectivity index (χ3v) is 4.55. The van der Waals surface area contributed by atoms with Crippen molar-refractivity contribution >= 4 is 23.5 Å². The zero-order chi connectivity index (χ0) is 14.3. The molecule has 1 N–H and O–H groups in total. The van der Waals surface area contributed by atoms with Crippen LogP contribution in [0.2, 0.25) is 5.15 Å². The van der Waals surface area contributed by atoms with Crippen LogP contribution in [0.4, 0.5) is 0 Å². The molecule has 5 nitrogen and oxygen atoms in total. The van der Waals surface area contributed by atoms with Crippen LogP contribution in [-0.2, 0) is 15.1 Å². The second-order valence-corrected chi connectivity index (χ2v) is 5.81. The summed E-state index contributed by atoms with van der Waals surface area (Å²) in [5, 5.41) is 9.03. The number of carboxylic acids is 1. The van der Waals surface area contributed by atoms with Crippen LogP contribution in [0, 0.1) is 5.92 Å². The minimum Gasteiger partial charge on any atom is -0.481 e. The second-order valence-electron chi connectivity index (χ2n) is 5.45. The van der Waals surface area contributed by atoms with E-state index in [0.717, 1.165) is 18.4 Å². The van der Waals surface area contributed by atoms with E-state index >= 15 is 0 Å². The number of aromatic nitrogens is 1. The molecule has 0 unspecified atom stereocenters. The maximum Gasteiger partial charge on any atom is 0.342 e. The summed E-state index contributed by atoms with van der Waals surface area (Å²) in [7, 11) is 0. The number of rotatable bonds is 2. The number of carbonyl (C=O) groups excluding carboxylic acids is 1. The predicted molar refractivity (Wildman–Crippen MR) is 70.6 cm³/mol. The lowest BCUT2D eigenvalue weighted by atomic mass is 9.74. The Labute approximate surface area is 120 Å².